The molecular weight excluding hydrogens is 281 g/mol. The molecule has 13 heavy (non-hydrogen) atoms. The lowest BCUT2D eigenvalue weighted by atomic mass is 10.1. The van der Waals surface area contributed by atoms with Crippen LogP contribution in [-0.2, 0) is 0 Å². The van der Waals surface area contributed by atoms with Crippen molar-refractivity contribution in [3.05, 3.63) is 29.3 Å². The Bertz CT molecular complexity index is 404. The third-order valence-electron chi connectivity index (χ3n) is 1.47. The first-order chi connectivity index (χ1) is 6.15. The molecule has 0 aliphatic carbocycles. The third kappa shape index (κ3) is 2.36. The van der Waals surface area contributed by atoms with E-state index in [9.17, 15) is 4.79 Å². The first kappa shape index (κ1) is 9.86. The molecular formula is C9H6INO2. The minimum absolute atomic E-state index is 0.110. The lowest BCUT2D eigenvalue weighted by molar-refractivity contribution is 0.0698. The number of aromatic carboxylic acids is 1. The molecule has 0 saturated heterocycles. The molecule has 4 heteroatoms. The van der Waals surface area contributed by atoms with E-state index in [1.54, 1.807) is 12.1 Å². The molecule has 1 aromatic rings. The van der Waals surface area contributed by atoms with E-state index in [2.05, 4.69) is 9.85 Å². The molecule has 0 aliphatic heterocycles. The Balaban J connectivity index is 3.17. The van der Waals surface area contributed by atoms with Crippen molar-refractivity contribution in [1.82, 2.24) is 0 Å². The van der Waals surface area contributed by atoms with Crippen LogP contribution in [0.25, 0.3) is 0 Å². The summed E-state index contributed by atoms with van der Waals surface area (Å²) in [5, 5.41) is 8.67. The fraction of sp³-hybridized carbons (Fsp3) is 0. The summed E-state index contributed by atoms with van der Waals surface area (Å²) in [5.74, 6) is 1.76. The minimum Gasteiger partial charge on any atom is -0.478 e. The van der Waals surface area contributed by atoms with Gasteiger partial charge in [-0.2, -0.15) is 0 Å². The van der Waals surface area contributed by atoms with Crippen molar-refractivity contribution in [2.45, 2.75) is 0 Å². The van der Waals surface area contributed by atoms with Crippen molar-refractivity contribution >= 4 is 34.2 Å². The Hall–Kier alpha value is -1.22. The molecule has 0 heterocycles. The predicted molar refractivity (Wildman–Crippen MR) is 58.7 cm³/mol. The Morgan fingerprint density at radius 2 is 2.23 bits per heavy atom. The molecule has 0 bridgehead atoms. The van der Waals surface area contributed by atoms with E-state index in [-0.39, 0.29) is 11.3 Å². The molecule has 0 spiro atoms. The molecule has 3 N–H and O–H groups in total. The van der Waals surface area contributed by atoms with Crippen molar-refractivity contribution in [3.8, 4) is 9.85 Å². The Labute approximate surface area is 89.1 Å². The van der Waals surface area contributed by atoms with Crippen LogP contribution >= 0.6 is 22.6 Å². The van der Waals surface area contributed by atoms with E-state index in [1.807, 2.05) is 22.6 Å². The van der Waals surface area contributed by atoms with Gasteiger partial charge < -0.3 is 10.8 Å². The summed E-state index contributed by atoms with van der Waals surface area (Å²) < 4.78 is 2.68. The summed E-state index contributed by atoms with van der Waals surface area (Å²) in [6, 6.07) is 4.63. The van der Waals surface area contributed by atoms with Gasteiger partial charge in [0.05, 0.1) is 5.56 Å². The van der Waals surface area contributed by atoms with Crippen molar-refractivity contribution in [3.63, 3.8) is 0 Å². The van der Waals surface area contributed by atoms with E-state index in [0.29, 0.717) is 0 Å². The summed E-state index contributed by atoms with van der Waals surface area (Å²) in [6.45, 7) is 0. The van der Waals surface area contributed by atoms with Crippen molar-refractivity contribution in [2.75, 3.05) is 5.73 Å². The highest BCUT2D eigenvalue weighted by atomic mass is 127. The van der Waals surface area contributed by atoms with Gasteiger partial charge in [-0.3, -0.25) is 0 Å². The first-order valence-corrected chi connectivity index (χ1v) is 4.47. The van der Waals surface area contributed by atoms with Crippen molar-refractivity contribution < 1.29 is 9.90 Å². The van der Waals surface area contributed by atoms with E-state index < -0.39 is 5.97 Å². The van der Waals surface area contributed by atoms with Gasteiger partial charge in [-0.15, -0.1) is 0 Å². The summed E-state index contributed by atoms with van der Waals surface area (Å²) in [6.07, 6.45) is 0. The second-order valence-corrected chi connectivity index (χ2v) is 2.87. The van der Waals surface area contributed by atoms with E-state index in [1.165, 1.54) is 6.07 Å². The number of halogens is 1. The number of carboxylic acid groups (broad SMARTS) is 1. The number of nitrogens with two attached hydrogens (primary N) is 1. The number of hydrogen-bond acceptors (Lipinski definition) is 2. The van der Waals surface area contributed by atoms with Crippen LogP contribution in [0.15, 0.2) is 18.2 Å². The number of anilines is 1. The smallest absolute Gasteiger partial charge is 0.337 e. The monoisotopic (exact) mass is 287 g/mol. The summed E-state index contributed by atoms with van der Waals surface area (Å²) in [7, 11) is 0. The topological polar surface area (TPSA) is 63.3 Å². The standard InChI is InChI=1S/C9H6INO2/c10-4-3-6-1-2-7(9(12)13)8(11)5-6/h1-2,5H,11H2,(H,12,13). The molecule has 0 radical (unpaired) electrons. The number of nitrogen functional groups attached to an aromatic ring is 1. The zero-order valence-electron chi connectivity index (χ0n) is 6.54. The quantitative estimate of drug-likeness (QED) is 0.469. The van der Waals surface area contributed by atoms with Crippen LogP contribution in [-0.4, -0.2) is 11.1 Å². The molecule has 0 atom stereocenters. The Morgan fingerprint density at radius 3 is 2.69 bits per heavy atom. The van der Waals surface area contributed by atoms with Gasteiger partial charge in [-0.05, 0) is 22.1 Å². The van der Waals surface area contributed by atoms with E-state index in [0.717, 1.165) is 5.56 Å². The number of carbonyl (C=O) groups is 1. The second-order valence-electron chi connectivity index (χ2n) is 2.33. The fourth-order valence-electron chi connectivity index (χ4n) is 0.890. The summed E-state index contributed by atoms with van der Waals surface area (Å²) in [4.78, 5) is 10.6. The molecule has 0 aliphatic rings. The number of hydrogen-bond donors (Lipinski definition) is 2. The van der Waals surface area contributed by atoms with Gasteiger partial charge in [0.25, 0.3) is 0 Å². The highest BCUT2D eigenvalue weighted by Crippen LogP contribution is 2.13. The molecule has 1 rings (SSSR count). The second kappa shape index (κ2) is 4.14. The highest BCUT2D eigenvalue weighted by molar-refractivity contribution is 14.1. The predicted octanol–water partition coefficient (Wildman–Crippen LogP) is 1.71. The maximum Gasteiger partial charge on any atom is 0.337 e. The zero-order valence-corrected chi connectivity index (χ0v) is 8.70. The fourth-order valence-corrected chi connectivity index (χ4v) is 1.20. The van der Waals surface area contributed by atoms with Gasteiger partial charge in [0.1, 0.15) is 0 Å². The van der Waals surface area contributed by atoms with Gasteiger partial charge in [-0.1, -0.05) is 5.92 Å². The van der Waals surface area contributed by atoms with Gasteiger partial charge >= 0.3 is 5.97 Å². The van der Waals surface area contributed by atoms with Crippen LogP contribution in [0, 0.1) is 9.85 Å². The molecule has 0 fully saturated rings. The third-order valence-corrected chi connectivity index (χ3v) is 1.74. The number of rotatable bonds is 1. The normalized spacial score (nSPS) is 8.69. The van der Waals surface area contributed by atoms with Crippen molar-refractivity contribution in [2.24, 2.45) is 0 Å². The molecule has 0 aromatic heterocycles. The molecule has 66 valence electrons. The zero-order chi connectivity index (χ0) is 9.84. The number of carboxylic acids is 1. The summed E-state index contributed by atoms with van der Waals surface area (Å²) in [5.41, 5.74) is 6.57. The Morgan fingerprint density at radius 1 is 1.54 bits per heavy atom. The van der Waals surface area contributed by atoms with Crippen LogP contribution in [0.1, 0.15) is 15.9 Å². The molecule has 0 amide bonds. The maximum absolute atomic E-state index is 10.6. The van der Waals surface area contributed by atoms with Crippen LogP contribution in [0.5, 0.6) is 0 Å². The number of benzene rings is 1. The van der Waals surface area contributed by atoms with Crippen molar-refractivity contribution in [1.29, 1.82) is 0 Å². The van der Waals surface area contributed by atoms with E-state index >= 15 is 0 Å². The molecule has 0 unspecified atom stereocenters. The largest absolute Gasteiger partial charge is 0.478 e. The average Bonchev–Trinajstić information content (AvgIpc) is 2.04. The molecule has 1 aromatic carbocycles. The lowest BCUT2D eigenvalue weighted by Crippen LogP contribution is -2.02. The van der Waals surface area contributed by atoms with Gasteiger partial charge in [0.15, 0.2) is 0 Å². The van der Waals surface area contributed by atoms with Crippen LogP contribution in [0.4, 0.5) is 5.69 Å². The first-order valence-electron chi connectivity index (χ1n) is 3.39. The molecule has 3 nitrogen and oxygen atoms in total. The van der Waals surface area contributed by atoms with Gasteiger partial charge in [0, 0.05) is 33.8 Å². The average molecular weight is 287 g/mol. The van der Waals surface area contributed by atoms with Gasteiger partial charge in [-0.25, -0.2) is 4.79 Å². The SMILES string of the molecule is Nc1cc(C#CI)ccc1C(=O)O. The Kier molecular flexibility index (Phi) is 3.14. The van der Waals surface area contributed by atoms with Gasteiger partial charge in [0.2, 0.25) is 0 Å². The van der Waals surface area contributed by atoms with Crippen LogP contribution < -0.4 is 5.73 Å². The van der Waals surface area contributed by atoms with E-state index in [4.69, 9.17) is 10.8 Å². The summed E-state index contributed by atoms with van der Waals surface area (Å²) >= 11 is 1.91. The minimum atomic E-state index is -1.02. The van der Waals surface area contributed by atoms with Crippen LogP contribution in [0.3, 0.4) is 0 Å². The van der Waals surface area contributed by atoms with Crippen LogP contribution in [0.2, 0.25) is 0 Å². The lowest BCUT2D eigenvalue weighted by Gasteiger charge is -1.99. The molecule has 0 saturated carbocycles. The maximum atomic E-state index is 10.6. The highest BCUT2D eigenvalue weighted by Gasteiger charge is 2.06.